The van der Waals surface area contributed by atoms with Gasteiger partial charge >= 0.3 is 0 Å². The van der Waals surface area contributed by atoms with Crippen molar-refractivity contribution in [3.8, 4) is 0 Å². The summed E-state index contributed by atoms with van der Waals surface area (Å²) in [5.74, 6) is 2.03. The average molecular weight is 350 g/mol. The third kappa shape index (κ3) is 2.64. The van der Waals surface area contributed by atoms with E-state index in [-0.39, 0.29) is 11.7 Å². The van der Waals surface area contributed by atoms with Crippen LogP contribution in [0.4, 0.5) is 4.39 Å². The van der Waals surface area contributed by atoms with Crippen molar-refractivity contribution >= 4 is 5.91 Å². The molecule has 2 fully saturated rings. The van der Waals surface area contributed by atoms with Crippen LogP contribution in [0.3, 0.4) is 0 Å². The fourth-order valence-corrected chi connectivity index (χ4v) is 5.03. The molecule has 3 atom stereocenters. The number of carbonyl (C=O) groups is 1. The zero-order valence-electron chi connectivity index (χ0n) is 14.8. The zero-order chi connectivity index (χ0) is 17.7. The van der Waals surface area contributed by atoms with Crippen LogP contribution in [-0.2, 0) is 6.54 Å². The minimum atomic E-state index is -0.158. The number of halogens is 1. The SMILES string of the molecule is O=C1c2ccccc2CN1CCN1CC2CC(c3ccc(F)cc3)C2C1. The van der Waals surface area contributed by atoms with Crippen LogP contribution in [0.1, 0.15) is 33.8 Å². The lowest BCUT2D eigenvalue weighted by atomic mass is 9.64. The van der Waals surface area contributed by atoms with E-state index in [0.29, 0.717) is 11.8 Å². The molecule has 2 aliphatic heterocycles. The van der Waals surface area contributed by atoms with Crippen LogP contribution < -0.4 is 0 Å². The van der Waals surface area contributed by atoms with Gasteiger partial charge in [-0.15, -0.1) is 0 Å². The van der Waals surface area contributed by atoms with E-state index in [1.54, 1.807) is 12.1 Å². The molecule has 0 radical (unpaired) electrons. The molecule has 3 nitrogen and oxygen atoms in total. The number of carbonyl (C=O) groups excluding carboxylic acids is 1. The Morgan fingerprint density at radius 3 is 2.62 bits per heavy atom. The van der Waals surface area contributed by atoms with Gasteiger partial charge in [-0.3, -0.25) is 4.79 Å². The van der Waals surface area contributed by atoms with E-state index in [1.807, 2.05) is 35.2 Å². The first-order chi connectivity index (χ1) is 12.7. The highest BCUT2D eigenvalue weighted by Crippen LogP contribution is 2.51. The Morgan fingerprint density at radius 2 is 1.81 bits per heavy atom. The standard InChI is InChI=1S/C22H23FN2O/c23-18-7-5-15(6-8-18)20-11-17-12-24(14-21(17)20)9-10-25-13-16-3-1-2-4-19(16)22(25)26/h1-8,17,20-21H,9-14H2. The van der Waals surface area contributed by atoms with Crippen LogP contribution in [0.5, 0.6) is 0 Å². The maximum atomic E-state index is 13.1. The smallest absolute Gasteiger partial charge is 0.254 e. The van der Waals surface area contributed by atoms with Crippen molar-refractivity contribution in [2.24, 2.45) is 11.8 Å². The Labute approximate surface area is 153 Å². The molecular formula is C22H23FN2O. The fourth-order valence-electron chi connectivity index (χ4n) is 5.03. The van der Waals surface area contributed by atoms with Crippen LogP contribution >= 0.6 is 0 Å². The number of amides is 1. The van der Waals surface area contributed by atoms with Crippen LogP contribution in [0.15, 0.2) is 48.5 Å². The molecule has 1 aliphatic carbocycles. The summed E-state index contributed by atoms with van der Waals surface area (Å²) in [6.45, 7) is 4.73. The van der Waals surface area contributed by atoms with Crippen molar-refractivity contribution in [3.05, 3.63) is 71.0 Å². The van der Waals surface area contributed by atoms with Crippen molar-refractivity contribution in [2.75, 3.05) is 26.2 Å². The van der Waals surface area contributed by atoms with Gasteiger partial charge in [0.2, 0.25) is 0 Å². The summed E-state index contributed by atoms with van der Waals surface area (Å²) in [6.07, 6.45) is 1.21. The maximum absolute atomic E-state index is 13.1. The quantitative estimate of drug-likeness (QED) is 0.842. The van der Waals surface area contributed by atoms with Gasteiger partial charge in [-0.2, -0.15) is 0 Å². The monoisotopic (exact) mass is 350 g/mol. The van der Waals surface area contributed by atoms with Gasteiger partial charge in [0.05, 0.1) is 0 Å². The minimum absolute atomic E-state index is 0.158. The van der Waals surface area contributed by atoms with Crippen LogP contribution in [-0.4, -0.2) is 41.9 Å². The second kappa shape index (κ2) is 6.20. The van der Waals surface area contributed by atoms with Crippen LogP contribution in [0.2, 0.25) is 0 Å². The lowest BCUT2D eigenvalue weighted by molar-refractivity contribution is 0.0763. The number of rotatable bonds is 4. The molecule has 2 aromatic carbocycles. The third-order valence-corrected chi connectivity index (χ3v) is 6.52. The lowest BCUT2D eigenvalue weighted by Gasteiger charge is -2.40. The highest BCUT2D eigenvalue weighted by Gasteiger charge is 2.47. The Morgan fingerprint density at radius 1 is 1.00 bits per heavy atom. The van der Waals surface area contributed by atoms with Crippen molar-refractivity contribution in [1.82, 2.24) is 9.80 Å². The van der Waals surface area contributed by atoms with E-state index in [4.69, 9.17) is 0 Å². The summed E-state index contributed by atoms with van der Waals surface area (Å²) in [7, 11) is 0. The second-order valence-corrected chi connectivity index (χ2v) is 7.96. The molecule has 2 aromatic rings. The molecule has 134 valence electrons. The first-order valence-electron chi connectivity index (χ1n) is 9.54. The van der Waals surface area contributed by atoms with Gasteiger partial charge in [0.15, 0.2) is 0 Å². The minimum Gasteiger partial charge on any atom is -0.333 e. The van der Waals surface area contributed by atoms with Gasteiger partial charge < -0.3 is 9.80 Å². The van der Waals surface area contributed by atoms with Gasteiger partial charge in [0.1, 0.15) is 5.82 Å². The van der Waals surface area contributed by atoms with E-state index in [0.717, 1.165) is 49.8 Å². The first-order valence-corrected chi connectivity index (χ1v) is 9.54. The first kappa shape index (κ1) is 16.0. The molecule has 3 aliphatic rings. The number of hydrogen-bond acceptors (Lipinski definition) is 2. The van der Waals surface area contributed by atoms with E-state index in [1.165, 1.54) is 12.0 Å². The average Bonchev–Trinajstić information content (AvgIpc) is 3.13. The van der Waals surface area contributed by atoms with Gasteiger partial charge in [0, 0.05) is 38.3 Å². The normalized spacial score (nSPS) is 27.3. The summed E-state index contributed by atoms with van der Waals surface area (Å²) < 4.78 is 13.1. The molecule has 0 bridgehead atoms. The molecule has 2 heterocycles. The molecule has 26 heavy (non-hydrogen) atoms. The molecule has 1 saturated heterocycles. The molecule has 0 N–H and O–H groups in total. The molecular weight excluding hydrogens is 327 g/mol. The number of benzene rings is 2. The van der Waals surface area contributed by atoms with Gasteiger partial charge in [-0.25, -0.2) is 4.39 Å². The third-order valence-electron chi connectivity index (χ3n) is 6.52. The predicted octanol–water partition coefficient (Wildman–Crippen LogP) is 3.52. The fraction of sp³-hybridized carbons (Fsp3) is 0.409. The van der Waals surface area contributed by atoms with E-state index in [9.17, 15) is 9.18 Å². The zero-order valence-corrected chi connectivity index (χ0v) is 14.8. The number of nitrogens with zero attached hydrogens (tertiary/aromatic N) is 2. The van der Waals surface area contributed by atoms with Crippen molar-refractivity contribution < 1.29 is 9.18 Å². The molecule has 5 rings (SSSR count). The highest BCUT2D eigenvalue weighted by atomic mass is 19.1. The Hall–Kier alpha value is -2.20. The number of likely N-dealkylation sites (tertiary alicyclic amines) is 1. The van der Waals surface area contributed by atoms with E-state index < -0.39 is 0 Å². The van der Waals surface area contributed by atoms with Gasteiger partial charge in [-0.1, -0.05) is 30.3 Å². The lowest BCUT2D eigenvalue weighted by Crippen LogP contribution is -2.34. The van der Waals surface area contributed by atoms with Crippen molar-refractivity contribution in [3.63, 3.8) is 0 Å². The number of hydrogen-bond donors (Lipinski definition) is 0. The summed E-state index contributed by atoms with van der Waals surface area (Å²) in [5.41, 5.74) is 3.29. The van der Waals surface area contributed by atoms with E-state index >= 15 is 0 Å². The molecule has 4 heteroatoms. The Bertz CT molecular complexity index is 834. The topological polar surface area (TPSA) is 23.6 Å². The van der Waals surface area contributed by atoms with Crippen molar-refractivity contribution in [1.29, 1.82) is 0 Å². The summed E-state index contributed by atoms with van der Waals surface area (Å²) in [6, 6.07) is 15.0. The molecule has 0 spiro atoms. The van der Waals surface area contributed by atoms with Crippen LogP contribution in [0.25, 0.3) is 0 Å². The van der Waals surface area contributed by atoms with Gasteiger partial charge in [0.25, 0.3) is 5.91 Å². The molecule has 1 amide bonds. The molecule has 0 aromatic heterocycles. The Balaban J connectivity index is 1.17. The summed E-state index contributed by atoms with van der Waals surface area (Å²) in [4.78, 5) is 17.0. The highest BCUT2D eigenvalue weighted by molar-refractivity contribution is 5.98. The van der Waals surface area contributed by atoms with Gasteiger partial charge in [-0.05, 0) is 53.5 Å². The molecule has 1 saturated carbocycles. The number of fused-ring (bicyclic) bond motifs is 2. The van der Waals surface area contributed by atoms with Crippen LogP contribution in [0, 0.1) is 17.7 Å². The maximum Gasteiger partial charge on any atom is 0.254 e. The predicted molar refractivity (Wildman–Crippen MR) is 98.4 cm³/mol. The van der Waals surface area contributed by atoms with E-state index in [2.05, 4.69) is 11.0 Å². The summed E-state index contributed by atoms with van der Waals surface area (Å²) >= 11 is 0. The Kier molecular flexibility index (Phi) is 3.82. The second-order valence-electron chi connectivity index (χ2n) is 7.96. The molecule has 3 unspecified atom stereocenters. The largest absolute Gasteiger partial charge is 0.333 e. The summed E-state index contributed by atoms with van der Waals surface area (Å²) in [5, 5.41) is 0. The van der Waals surface area contributed by atoms with Crippen molar-refractivity contribution in [2.45, 2.75) is 18.9 Å².